The highest BCUT2D eigenvalue weighted by molar-refractivity contribution is 6.04. The molecule has 1 N–H and O–H groups in total. The molecule has 4 rings (SSSR count). The Morgan fingerprint density at radius 2 is 1.85 bits per heavy atom. The van der Waals surface area contributed by atoms with E-state index in [-0.39, 0.29) is 23.7 Å². The van der Waals surface area contributed by atoms with Crippen molar-refractivity contribution < 1.29 is 9.59 Å². The number of fused-ring (bicyclic) bond motifs is 1. The average Bonchev–Trinajstić information content (AvgIpc) is 3.48. The largest absolute Gasteiger partial charge is 0.326 e. The van der Waals surface area contributed by atoms with Crippen molar-refractivity contribution in [3.63, 3.8) is 0 Å². The number of hydrogen-bond acceptors (Lipinski definition) is 2. The SMILES string of the molecule is CCc1ccc(NC(=O)C2CC2C(=O)N2CCCc3ccccc32)cc1. The van der Waals surface area contributed by atoms with E-state index in [2.05, 4.69) is 18.3 Å². The van der Waals surface area contributed by atoms with E-state index in [0.29, 0.717) is 6.42 Å². The molecule has 0 radical (unpaired) electrons. The second-order valence-electron chi connectivity index (χ2n) is 7.21. The number of carbonyl (C=O) groups excluding carboxylic acids is 2. The molecule has 2 atom stereocenters. The van der Waals surface area contributed by atoms with Crippen molar-refractivity contribution in [2.45, 2.75) is 32.6 Å². The lowest BCUT2D eigenvalue weighted by atomic mass is 10.0. The van der Waals surface area contributed by atoms with Crippen LogP contribution in [0, 0.1) is 11.8 Å². The van der Waals surface area contributed by atoms with Crippen LogP contribution in [-0.4, -0.2) is 18.4 Å². The van der Waals surface area contributed by atoms with Crippen molar-refractivity contribution in [1.82, 2.24) is 0 Å². The second-order valence-corrected chi connectivity index (χ2v) is 7.21. The summed E-state index contributed by atoms with van der Waals surface area (Å²) in [5, 5.41) is 2.95. The summed E-state index contributed by atoms with van der Waals surface area (Å²) in [5.41, 5.74) is 4.29. The molecule has 1 aliphatic heterocycles. The van der Waals surface area contributed by atoms with Gasteiger partial charge in [0.25, 0.3) is 0 Å². The van der Waals surface area contributed by atoms with Crippen molar-refractivity contribution in [3.8, 4) is 0 Å². The normalized spacial score (nSPS) is 21.0. The zero-order valence-electron chi connectivity index (χ0n) is 15.1. The van der Waals surface area contributed by atoms with Crippen LogP contribution in [0.25, 0.3) is 0 Å². The molecule has 1 heterocycles. The van der Waals surface area contributed by atoms with Gasteiger partial charge < -0.3 is 10.2 Å². The summed E-state index contributed by atoms with van der Waals surface area (Å²) in [6.45, 7) is 2.85. The fraction of sp³-hybridized carbons (Fsp3) is 0.364. The summed E-state index contributed by atoms with van der Waals surface area (Å²) in [6.07, 6.45) is 3.62. The Kier molecular flexibility index (Phi) is 4.49. The fourth-order valence-corrected chi connectivity index (χ4v) is 3.78. The maximum absolute atomic E-state index is 12.9. The van der Waals surface area contributed by atoms with E-state index in [1.807, 2.05) is 47.4 Å². The monoisotopic (exact) mass is 348 g/mol. The lowest BCUT2D eigenvalue weighted by Gasteiger charge is -2.29. The number of nitrogens with one attached hydrogen (secondary N) is 1. The summed E-state index contributed by atoms with van der Waals surface area (Å²) in [5.74, 6) is -0.338. The molecule has 4 nitrogen and oxygen atoms in total. The van der Waals surface area contributed by atoms with Crippen LogP contribution in [0.2, 0.25) is 0 Å². The molecule has 2 aromatic carbocycles. The summed E-state index contributed by atoms with van der Waals surface area (Å²) in [7, 11) is 0. The number of hydrogen-bond donors (Lipinski definition) is 1. The Morgan fingerprint density at radius 1 is 1.08 bits per heavy atom. The summed E-state index contributed by atoms with van der Waals surface area (Å²) >= 11 is 0. The smallest absolute Gasteiger partial charge is 0.230 e. The molecule has 134 valence electrons. The fourth-order valence-electron chi connectivity index (χ4n) is 3.78. The Morgan fingerprint density at radius 3 is 2.62 bits per heavy atom. The molecule has 0 bridgehead atoms. The van der Waals surface area contributed by atoms with Gasteiger partial charge in [-0.2, -0.15) is 0 Å². The second kappa shape index (κ2) is 6.94. The molecular formula is C22H24N2O2. The number of nitrogens with zero attached hydrogens (tertiary/aromatic N) is 1. The standard InChI is InChI=1S/C22H24N2O2/c1-2-15-9-11-17(12-10-15)23-21(25)18-14-19(18)22(26)24-13-5-7-16-6-3-4-8-20(16)24/h3-4,6,8-12,18-19H,2,5,7,13-14H2,1H3,(H,23,25). The highest BCUT2D eigenvalue weighted by atomic mass is 16.2. The van der Waals surface area contributed by atoms with E-state index in [0.717, 1.165) is 37.2 Å². The van der Waals surface area contributed by atoms with Gasteiger partial charge in [0.2, 0.25) is 11.8 Å². The van der Waals surface area contributed by atoms with Gasteiger partial charge in [-0.1, -0.05) is 37.3 Å². The molecule has 2 amide bonds. The van der Waals surface area contributed by atoms with Crippen molar-refractivity contribution >= 4 is 23.2 Å². The van der Waals surface area contributed by atoms with Crippen LogP contribution < -0.4 is 10.2 Å². The van der Waals surface area contributed by atoms with Crippen molar-refractivity contribution in [1.29, 1.82) is 0 Å². The van der Waals surface area contributed by atoms with Crippen LogP contribution in [0.3, 0.4) is 0 Å². The first-order valence-corrected chi connectivity index (χ1v) is 9.46. The number of benzene rings is 2. The summed E-state index contributed by atoms with van der Waals surface area (Å²) in [6, 6.07) is 16.0. The number of carbonyl (C=O) groups is 2. The Bertz CT molecular complexity index is 828. The molecule has 1 aliphatic carbocycles. The van der Waals surface area contributed by atoms with Gasteiger partial charge >= 0.3 is 0 Å². The lowest BCUT2D eigenvalue weighted by molar-refractivity contribution is -0.123. The minimum absolute atomic E-state index is 0.0436. The van der Waals surface area contributed by atoms with E-state index in [9.17, 15) is 9.59 Å². The molecule has 1 fully saturated rings. The van der Waals surface area contributed by atoms with Crippen molar-refractivity contribution in [3.05, 3.63) is 59.7 Å². The topological polar surface area (TPSA) is 49.4 Å². The predicted octanol–water partition coefficient (Wildman–Crippen LogP) is 3.80. The van der Waals surface area contributed by atoms with Crippen LogP contribution in [0.15, 0.2) is 48.5 Å². The van der Waals surface area contributed by atoms with Gasteiger partial charge in [-0.15, -0.1) is 0 Å². The maximum atomic E-state index is 12.9. The minimum Gasteiger partial charge on any atom is -0.326 e. The third-order valence-electron chi connectivity index (χ3n) is 5.45. The molecule has 2 aliphatic rings. The molecule has 26 heavy (non-hydrogen) atoms. The zero-order valence-corrected chi connectivity index (χ0v) is 15.1. The minimum atomic E-state index is -0.206. The average molecular weight is 348 g/mol. The Labute approximate surface area is 154 Å². The zero-order chi connectivity index (χ0) is 18.1. The third kappa shape index (κ3) is 3.24. The number of para-hydroxylation sites is 1. The lowest BCUT2D eigenvalue weighted by Crippen LogP contribution is -2.37. The molecular weight excluding hydrogens is 324 g/mol. The van der Waals surface area contributed by atoms with Gasteiger partial charge in [-0.3, -0.25) is 9.59 Å². The Hall–Kier alpha value is -2.62. The highest BCUT2D eigenvalue weighted by Gasteiger charge is 2.50. The van der Waals surface area contributed by atoms with Gasteiger partial charge in [0.1, 0.15) is 0 Å². The number of aryl methyl sites for hydroxylation is 2. The molecule has 2 aromatic rings. The van der Waals surface area contributed by atoms with E-state index >= 15 is 0 Å². The molecule has 0 saturated heterocycles. The Balaban J connectivity index is 1.40. The molecule has 0 aromatic heterocycles. The van der Waals surface area contributed by atoms with E-state index < -0.39 is 0 Å². The molecule has 1 saturated carbocycles. The van der Waals surface area contributed by atoms with Gasteiger partial charge in [0.05, 0.1) is 11.8 Å². The first-order chi connectivity index (χ1) is 12.7. The number of amides is 2. The number of anilines is 2. The van der Waals surface area contributed by atoms with Crippen LogP contribution >= 0.6 is 0 Å². The van der Waals surface area contributed by atoms with Gasteiger partial charge in [0.15, 0.2) is 0 Å². The van der Waals surface area contributed by atoms with Gasteiger partial charge in [-0.25, -0.2) is 0 Å². The summed E-state index contributed by atoms with van der Waals surface area (Å²) in [4.78, 5) is 27.3. The number of rotatable bonds is 4. The third-order valence-corrected chi connectivity index (χ3v) is 5.45. The predicted molar refractivity (Wildman–Crippen MR) is 103 cm³/mol. The first kappa shape index (κ1) is 16.8. The van der Waals surface area contributed by atoms with Crippen molar-refractivity contribution in [2.75, 3.05) is 16.8 Å². The van der Waals surface area contributed by atoms with E-state index in [1.165, 1.54) is 11.1 Å². The van der Waals surface area contributed by atoms with Crippen LogP contribution in [-0.2, 0) is 22.4 Å². The summed E-state index contributed by atoms with van der Waals surface area (Å²) < 4.78 is 0. The van der Waals surface area contributed by atoms with Crippen molar-refractivity contribution in [2.24, 2.45) is 11.8 Å². The molecule has 0 spiro atoms. The van der Waals surface area contributed by atoms with Gasteiger partial charge in [0, 0.05) is 17.9 Å². The van der Waals surface area contributed by atoms with Crippen LogP contribution in [0.5, 0.6) is 0 Å². The maximum Gasteiger partial charge on any atom is 0.230 e. The molecule has 4 heteroatoms. The van der Waals surface area contributed by atoms with E-state index in [4.69, 9.17) is 0 Å². The van der Waals surface area contributed by atoms with Gasteiger partial charge in [-0.05, 0) is 55.0 Å². The highest BCUT2D eigenvalue weighted by Crippen LogP contribution is 2.42. The first-order valence-electron chi connectivity index (χ1n) is 9.46. The van der Waals surface area contributed by atoms with Crippen LogP contribution in [0.4, 0.5) is 11.4 Å². The quantitative estimate of drug-likeness (QED) is 0.913. The van der Waals surface area contributed by atoms with E-state index in [1.54, 1.807) is 0 Å². The van der Waals surface area contributed by atoms with Crippen LogP contribution in [0.1, 0.15) is 30.9 Å². The molecule has 2 unspecified atom stereocenters.